The van der Waals surface area contributed by atoms with Gasteiger partial charge in [0.2, 0.25) is 6.41 Å². The fourth-order valence-electron chi connectivity index (χ4n) is 0.788. The molecule has 1 rings (SSSR count). The number of hydrogen-bond acceptors (Lipinski definition) is 2. The molecule has 1 aliphatic heterocycles. The van der Waals surface area contributed by atoms with Gasteiger partial charge < -0.3 is 11.6 Å². The van der Waals surface area contributed by atoms with Gasteiger partial charge in [-0.25, -0.2) is 0 Å². The van der Waals surface area contributed by atoms with E-state index in [1.807, 2.05) is 0 Å². The summed E-state index contributed by atoms with van der Waals surface area (Å²) in [6.45, 7) is 3.62. The summed E-state index contributed by atoms with van der Waals surface area (Å²) >= 11 is 0. The fourth-order valence-corrected chi connectivity index (χ4v) is 0.788. The van der Waals surface area contributed by atoms with Gasteiger partial charge in [0.1, 0.15) is 0 Å². The zero-order valence-corrected chi connectivity index (χ0v) is 5.76. The van der Waals surface area contributed by atoms with E-state index in [1.165, 1.54) is 0 Å². The normalized spacial score (nSPS) is 18.4. The molecule has 0 aromatic heterocycles. The van der Waals surface area contributed by atoms with E-state index in [1.54, 1.807) is 4.90 Å². The molecule has 1 fully saturated rings. The third kappa shape index (κ3) is 2.90. The van der Waals surface area contributed by atoms with Crippen LogP contribution in [0.25, 0.3) is 0 Å². The first-order valence-electron chi connectivity index (χ1n) is 2.83. The van der Waals surface area contributed by atoms with Crippen molar-refractivity contribution in [3.8, 4) is 0 Å². The van der Waals surface area contributed by atoms with Crippen molar-refractivity contribution < 1.29 is 25.1 Å². The van der Waals surface area contributed by atoms with Crippen molar-refractivity contribution in [1.82, 2.24) is 10.2 Å². The zero-order valence-electron chi connectivity index (χ0n) is 6.76. The number of hydrogen-bond donors (Lipinski definition) is 1. The Morgan fingerprint density at radius 2 is 2.00 bits per heavy atom. The van der Waals surface area contributed by atoms with E-state index >= 15 is 0 Å². The molecule has 0 atom stereocenters. The van der Waals surface area contributed by atoms with E-state index in [0.717, 1.165) is 32.6 Å². The number of nitrogens with one attached hydrogen (secondary N) is 1. The molecular weight excluding hydrogens is 111 g/mol. The van der Waals surface area contributed by atoms with Crippen LogP contribution in [0.5, 0.6) is 0 Å². The minimum absolute atomic E-state index is 0. The summed E-state index contributed by atoms with van der Waals surface area (Å²) < 4.78 is 0. The van der Waals surface area contributed by atoms with Crippen molar-refractivity contribution in [2.24, 2.45) is 0 Å². The van der Waals surface area contributed by atoms with Crippen molar-refractivity contribution >= 4 is 6.41 Å². The number of amides is 1. The van der Waals surface area contributed by atoms with Gasteiger partial charge in [0.05, 0.1) is 0 Å². The van der Waals surface area contributed by atoms with Crippen molar-refractivity contribution in [2.45, 2.75) is 0 Å². The van der Waals surface area contributed by atoms with Gasteiger partial charge in [-0.1, -0.05) is 0 Å². The number of nitrogens with zero attached hydrogens (tertiary/aromatic N) is 1. The van der Waals surface area contributed by atoms with Crippen molar-refractivity contribution in [1.29, 1.82) is 0 Å². The Kier molecular flexibility index (Phi) is 4.88. The Balaban J connectivity index is 0. The third-order valence-corrected chi connectivity index (χ3v) is 1.30. The molecule has 48 valence electrons. The predicted octanol–water partition coefficient (Wildman–Crippen LogP) is -3.84. The van der Waals surface area contributed by atoms with Gasteiger partial charge in [-0.15, -0.1) is 0 Å². The van der Waals surface area contributed by atoms with Crippen molar-refractivity contribution in [3.63, 3.8) is 0 Å². The molecule has 1 saturated heterocycles. The average Bonchev–Trinajstić information content (AvgIpc) is 1.90. The summed E-state index contributed by atoms with van der Waals surface area (Å²) in [7, 11) is 0. The Hall–Kier alpha value is 0.0274. The molecule has 1 aliphatic rings. The van der Waals surface area contributed by atoms with E-state index in [-0.39, 0.29) is 20.3 Å². The average molecular weight is 122 g/mol. The quantitative estimate of drug-likeness (QED) is 0.285. The second kappa shape index (κ2) is 4.86. The molecule has 1 heterocycles. The molecule has 0 radical (unpaired) electrons. The minimum atomic E-state index is 0. The fraction of sp³-hybridized carbons (Fsp3) is 0.800. The van der Waals surface area contributed by atoms with Crippen LogP contribution in [0.2, 0.25) is 0 Å². The smallest absolute Gasteiger partial charge is 1.00 e. The second-order valence-corrected chi connectivity index (χ2v) is 1.89. The molecule has 0 spiro atoms. The third-order valence-electron chi connectivity index (χ3n) is 1.30. The summed E-state index contributed by atoms with van der Waals surface area (Å²) in [5.74, 6) is 0. The van der Waals surface area contributed by atoms with Gasteiger partial charge in [0.25, 0.3) is 0 Å². The van der Waals surface area contributed by atoms with Crippen LogP contribution in [0, 0.1) is 0 Å². The second-order valence-electron chi connectivity index (χ2n) is 1.89. The molecule has 0 saturated carbocycles. The first-order chi connectivity index (χ1) is 3.93. The molecular formula is C5H11LiN2O. The summed E-state index contributed by atoms with van der Waals surface area (Å²) in [5, 5.41) is 3.15. The van der Waals surface area contributed by atoms with Gasteiger partial charge in [0.15, 0.2) is 0 Å². The molecule has 0 aliphatic carbocycles. The summed E-state index contributed by atoms with van der Waals surface area (Å²) in [4.78, 5) is 11.8. The van der Waals surface area contributed by atoms with Gasteiger partial charge in [-0.3, -0.25) is 4.79 Å². The first kappa shape index (κ1) is 9.03. The molecule has 0 aromatic carbocycles. The van der Waals surface area contributed by atoms with Crippen molar-refractivity contribution in [3.05, 3.63) is 0 Å². The van der Waals surface area contributed by atoms with E-state index in [0.29, 0.717) is 0 Å². The van der Waals surface area contributed by atoms with Gasteiger partial charge in [0, 0.05) is 26.2 Å². The molecule has 9 heavy (non-hydrogen) atoms. The van der Waals surface area contributed by atoms with Crippen LogP contribution >= 0.6 is 0 Å². The van der Waals surface area contributed by atoms with Gasteiger partial charge in [-0.2, -0.15) is 0 Å². The van der Waals surface area contributed by atoms with Crippen LogP contribution in [0.1, 0.15) is 1.43 Å². The Bertz CT molecular complexity index is 87.7. The summed E-state index contributed by atoms with van der Waals surface area (Å²) in [6, 6.07) is 0. The maximum absolute atomic E-state index is 10.1. The van der Waals surface area contributed by atoms with Crippen molar-refractivity contribution in [2.75, 3.05) is 26.2 Å². The van der Waals surface area contributed by atoms with Crippen LogP contribution < -0.4 is 24.2 Å². The maximum atomic E-state index is 10.1. The SMILES string of the molecule is O=CN1CCNCC1.[H-].[Li+]. The Morgan fingerprint density at radius 1 is 1.44 bits per heavy atom. The Morgan fingerprint density at radius 3 is 2.33 bits per heavy atom. The Labute approximate surface area is 68.4 Å². The number of rotatable bonds is 1. The monoisotopic (exact) mass is 122 g/mol. The number of carbonyl (C=O) groups excluding carboxylic acids is 1. The molecule has 1 N–H and O–H groups in total. The van der Waals surface area contributed by atoms with E-state index in [2.05, 4.69) is 5.32 Å². The van der Waals surface area contributed by atoms with E-state index in [9.17, 15) is 4.79 Å². The first-order valence-corrected chi connectivity index (χ1v) is 2.83. The van der Waals surface area contributed by atoms with Crippen LogP contribution in [0.3, 0.4) is 0 Å². The molecule has 0 unspecified atom stereocenters. The number of carbonyl (C=O) groups is 1. The largest absolute Gasteiger partial charge is 1.00 e. The van der Waals surface area contributed by atoms with Gasteiger partial charge >= 0.3 is 18.9 Å². The molecule has 4 heteroatoms. The summed E-state index contributed by atoms with van der Waals surface area (Å²) in [6.07, 6.45) is 0.904. The van der Waals surface area contributed by atoms with Gasteiger partial charge in [-0.05, 0) is 0 Å². The number of piperazine rings is 1. The zero-order chi connectivity index (χ0) is 5.82. The molecule has 0 aromatic rings. The summed E-state index contributed by atoms with van der Waals surface area (Å²) in [5.41, 5.74) is 0. The van der Waals surface area contributed by atoms with Crippen LogP contribution in [-0.4, -0.2) is 37.5 Å². The predicted molar refractivity (Wildman–Crippen MR) is 31.6 cm³/mol. The van der Waals surface area contributed by atoms with Crippen LogP contribution in [-0.2, 0) is 4.79 Å². The molecule has 3 nitrogen and oxygen atoms in total. The maximum Gasteiger partial charge on any atom is 1.00 e. The minimum Gasteiger partial charge on any atom is -1.00 e. The van der Waals surface area contributed by atoms with Crippen LogP contribution in [0.4, 0.5) is 0 Å². The van der Waals surface area contributed by atoms with Crippen LogP contribution in [0.15, 0.2) is 0 Å². The topological polar surface area (TPSA) is 32.3 Å². The molecule has 1 amide bonds. The standard InChI is InChI=1S/C5H10N2O.Li.H/c8-5-7-3-1-6-2-4-7;;/h5-6H,1-4H2;;/q;+1;-1. The van der Waals surface area contributed by atoms with E-state index < -0.39 is 0 Å². The molecule has 0 bridgehead atoms. The van der Waals surface area contributed by atoms with E-state index in [4.69, 9.17) is 0 Å².